The van der Waals surface area contributed by atoms with Crippen LogP contribution in [0.4, 0.5) is 0 Å². The highest BCUT2D eigenvalue weighted by atomic mass is 16.5. The standard InChI is InChI=1S/C20H28N4O3/c1-12(2)24-18(7-9-22-24)19-17(8-10-27-19)20(26)21-11-15-5-6-16(14(4)25)13(3)23-15/h5-7,9,12,14,17,19,25H,8,10-11H2,1-4H3,(H,21,26)/t14?,17-,19-/m0/s1. The van der Waals surface area contributed by atoms with Gasteiger partial charge in [-0.1, -0.05) is 6.07 Å². The van der Waals surface area contributed by atoms with Gasteiger partial charge in [-0.15, -0.1) is 0 Å². The third-order valence-electron chi connectivity index (χ3n) is 4.99. The van der Waals surface area contributed by atoms with Crippen molar-refractivity contribution in [1.82, 2.24) is 20.1 Å². The second kappa shape index (κ2) is 8.19. The summed E-state index contributed by atoms with van der Waals surface area (Å²) in [4.78, 5) is 17.3. The van der Waals surface area contributed by atoms with E-state index in [1.807, 2.05) is 29.8 Å². The summed E-state index contributed by atoms with van der Waals surface area (Å²) in [5, 5.41) is 17.0. The number of hydrogen-bond donors (Lipinski definition) is 2. The van der Waals surface area contributed by atoms with E-state index in [4.69, 9.17) is 4.74 Å². The molecule has 1 unspecified atom stereocenters. The van der Waals surface area contributed by atoms with Crippen molar-refractivity contribution in [1.29, 1.82) is 0 Å². The minimum Gasteiger partial charge on any atom is -0.389 e. The topological polar surface area (TPSA) is 89.3 Å². The zero-order chi connectivity index (χ0) is 19.6. The fraction of sp³-hybridized carbons (Fsp3) is 0.550. The quantitative estimate of drug-likeness (QED) is 0.814. The summed E-state index contributed by atoms with van der Waals surface area (Å²) in [6.07, 6.45) is 1.61. The van der Waals surface area contributed by atoms with Crippen LogP contribution in [0.2, 0.25) is 0 Å². The molecule has 1 amide bonds. The normalized spacial score (nSPS) is 20.8. The van der Waals surface area contributed by atoms with Gasteiger partial charge in [-0.05, 0) is 46.2 Å². The van der Waals surface area contributed by atoms with Gasteiger partial charge in [0.1, 0.15) is 6.10 Å². The van der Waals surface area contributed by atoms with Crippen LogP contribution in [0.5, 0.6) is 0 Å². The first-order chi connectivity index (χ1) is 12.9. The molecule has 2 N–H and O–H groups in total. The van der Waals surface area contributed by atoms with Crippen LogP contribution in [-0.2, 0) is 16.1 Å². The van der Waals surface area contributed by atoms with E-state index in [2.05, 4.69) is 29.2 Å². The molecular formula is C20H28N4O3. The van der Waals surface area contributed by atoms with E-state index in [9.17, 15) is 9.90 Å². The number of pyridine rings is 1. The summed E-state index contributed by atoms with van der Waals surface area (Å²) >= 11 is 0. The first-order valence-corrected chi connectivity index (χ1v) is 9.45. The van der Waals surface area contributed by atoms with Gasteiger partial charge < -0.3 is 15.2 Å². The third kappa shape index (κ3) is 4.20. The van der Waals surface area contributed by atoms with Crippen LogP contribution < -0.4 is 5.32 Å². The highest BCUT2D eigenvalue weighted by molar-refractivity contribution is 5.79. The molecule has 0 bridgehead atoms. The monoisotopic (exact) mass is 372 g/mol. The lowest BCUT2D eigenvalue weighted by atomic mass is 9.97. The SMILES string of the molecule is Cc1nc(CNC(=O)[C@H]2CCO[C@@H]2c2ccnn2C(C)C)ccc1C(C)O. The molecule has 3 atom stereocenters. The molecule has 7 heteroatoms. The summed E-state index contributed by atoms with van der Waals surface area (Å²) in [7, 11) is 0. The van der Waals surface area contributed by atoms with Crippen LogP contribution in [0.1, 0.15) is 68.1 Å². The summed E-state index contributed by atoms with van der Waals surface area (Å²) < 4.78 is 7.78. The van der Waals surface area contributed by atoms with Crippen LogP contribution >= 0.6 is 0 Å². The molecule has 0 aromatic carbocycles. The number of aliphatic hydroxyl groups excluding tert-OH is 1. The second-order valence-electron chi connectivity index (χ2n) is 7.35. The zero-order valence-corrected chi connectivity index (χ0v) is 16.3. The van der Waals surface area contributed by atoms with Gasteiger partial charge in [0, 0.05) is 30.1 Å². The molecule has 3 rings (SSSR count). The number of aryl methyl sites for hydroxylation is 1. The highest BCUT2D eigenvalue weighted by Gasteiger charge is 2.37. The number of aromatic nitrogens is 3. The van der Waals surface area contributed by atoms with Crippen molar-refractivity contribution in [2.24, 2.45) is 5.92 Å². The van der Waals surface area contributed by atoms with Crippen LogP contribution in [0.15, 0.2) is 24.4 Å². The predicted octanol–water partition coefficient (Wildman–Crippen LogP) is 2.61. The predicted molar refractivity (Wildman–Crippen MR) is 101 cm³/mol. The van der Waals surface area contributed by atoms with Crippen molar-refractivity contribution >= 4 is 5.91 Å². The van der Waals surface area contributed by atoms with Gasteiger partial charge in [-0.3, -0.25) is 14.5 Å². The average molecular weight is 372 g/mol. The van der Waals surface area contributed by atoms with Gasteiger partial charge in [0.2, 0.25) is 5.91 Å². The number of amides is 1. The summed E-state index contributed by atoms with van der Waals surface area (Å²) in [5.41, 5.74) is 3.29. The molecule has 0 spiro atoms. The van der Waals surface area contributed by atoms with Crippen molar-refractivity contribution in [3.63, 3.8) is 0 Å². The van der Waals surface area contributed by atoms with Crippen molar-refractivity contribution in [3.8, 4) is 0 Å². The molecule has 7 nitrogen and oxygen atoms in total. The average Bonchev–Trinajstić information content (AvgIpc) is 3.27. The number of rotatable bonds is 6. The molecule has 0 aliphatic carbocycles. The van der Waals surface area contributed by atoms with Crippen LogP contribution in [0.25, 0.3) is 0 Å². The smallest absolute Gasteiger partial charge is 0.226 e. The molecule has 2 aromatic heterocycles. The third-order valence-corrected chi connectivity index (χ3v) is 4.99. The van der Waals surface area contributed by atoms with Gasteiger partial charge in [0.25, 0.3) is 0 Å². The van der Waals surface area contributed by atoms with E-state index in [0.29, 0.717) is 19.6 Å². The van der Waals surface area contributed by atoms with Crippen LogP contribution in [0, 0.1) is 12.8 Å². The fourth-order valence-corrected chi connectivity index (χ4v) is 3.60. The Hall–Kier alpha value is -2.25. The fourth-order valence-electron chi connectivity index (χ4n) is 3.60. The van der Waals surface area contributed by atoms with E-state index in [1.165, 1.54) is 0 Å². The Balaban J connectivity index is 1.67. The lowest BCUT2D eigenvalue weighted by Crippen LogP contribution is -2.33. The van der Waals surface area contributed by atoms with E-state index in [-0.39, 0.29) is 24.0 Å². The van der Waals surface area contributed by atoms with Crippen LogP contribution in [-0.4, -0.2) is 32.4 Å². The molecule has 1 saturated heterocycles. The second-order valence-corrected chi connectivity index (χ2v) is 7.35. The van der Waals surface area contributed by atoms with Gasteiger partial charge in [0.15, 0.2) is 0 Å². The largest absolute Gasteiger partial charge is 0.389 e. The molecule has 0 saturated carbocycles. The molecule has 1 aliphatic rings. The van der Waals surface area contributed by atoms with E-state index in [1.54, 1.807) is 13.1 Å². The number of hydrogen-bond acceptors (Lipinski definition) is 5. The molecule has 0 radical (unpaired) electrons. The Bertz CT molecular complexity index is 800. The Morgan fingerprint density at radius 1 is 1.37 bits per heavy atom. The number of carbonyl (C=O) groups is 1. The lowest BCUT2D eigenvalue weighted by molar-refractivity contribution is -0.127. The maximum atomic E-state index is 12.8. The highest BCUT2D eigenvalue weighted by Crippen LogP contribution is 2.35. The van der Waals surface area contributed by atoms with Crippen molar-refractivity contribution in [3.05, 3.63) is 47.0 Å². The molecule has 3 heterocycles. The number of carbonyl (C=O) groups excluding carboxylic acids is 1. The molecular weight excluding hydrogens is 344 g/mol. The van der Waals surface area contributed by atoms with Gasteiger partial charge in [-0.2, -0.15) is 5.10 Å². The van der Waals surface area contributed by atoms with E-state index >= 15 is 0 Å². The molecule has 146 valence electrons. The Morgan fingerprint density at radius 2 is 2.15 bits per heavy atom. The Labute approximate surface area is 159 Å². The van der Waals surface area contributed by atoms with E-state index < -0.39 is 6.10 Å². The van der Waals surface area contributed by atoms with Crippen molar-refractivity contribution in [2.75, 3.05) is 6.61 Å². The van der Waals surface area contributed by atoms with Crippen molar-refractivity contribution in [2.45, 2.75) is 58.9 Å². The minimum atomic E-state index is -0.552. The summed E-state index contributed by atoms with van der Waals surface area (Å²) in [5.74, 6) is -0.273. The van der Waals surface area contributed by atoms with Gasteiger partial charge in [0.05, 0.1) is 30.0 Å². The van der Waals surface area contributed by atoms with Crippen molar-refractivity contribution < 1.29 is 14.6 Å². The first-order valence-electron chi connectivity index (χ1n) is 9.45. The first kappa shape index (κ1) is 19.5. The summed E-state index contributed by atoms with van der Waals surface area (Å²) in [6, 6.07) is 5.83. The number of nitrogens with one attached hydrogen (secondary N) is 1. The molecule has 1 aliphatic heterocycles. The molecule has 27 heavy (non-hydrogen) atoms. The Morgan fingerprint density at radius 3 is 2.81 bits per heavy atom. The number of ether oxygens (including phenoxy) is 1. The molecule has 2 aromatic rings. The maximum Gasteiger partial charge on any atom is 0.226 e. The van der Waals surface area contributed by atoms with Gasteiger partial charge >= 0.3 is 0 Å². The van der Waals surface area contributed by atoms with E-state index in [0.717, 1.165) is 22.6 Å². The Kier molecular flexibility index (Phi) is 5.92. The maximum absolute atomic E-state index is 12.8. The number of nitrogens with zero attached hydrogens (tertiary/aromatic N) is 3. The number of aliphatic hydroxyl groups is 1. The lowest BCUT2D eigenvalue weighted by Gasteiger charge is -2.21. The summed E-state index contributed by atoms with van der Waals surface area (Å²) in [6.45, 7) is 8.62. The van der Waals surface area contributed by atoms with Gasteiger partial charge in [-0.25, -0.2) is 0 Å². The minimum absolute atomic E-state index is 0.0342. The van der Waals surface area contributed by atoms with Crippen LogP contribution in [0.3, 0.4) is 0 Å². The zero-order valence-electron chi connectivity index (χ0n) is 16.3. The molecule has 1 fully saturated rings.